The largest absolute Gasteiger partial charge is 0.388 e. The van der Waals surface area contributed by atoms with E-state index in [0.717, 1.165) is 18.4 Å². The monoisotopic (exact) mass is 262 g/mol. The van der Waals surface area contributed by atoms with Crippen molar-refractivity contribution in [3.8, 4) is 0 Å². The van der Waals surface area contributed by atoms with E-state index in [2.05, 4.69) is 39.8 Å². The van der Waals surface area contributed by atoms with E-state index in [9.17, 15) is 5.11 Å². The molecule has 0 fully saturated rings. The molecule has 19 heavy (non-hydrogen) atoms. The van der Waals surface area contributed by atoms with Gasteiger partial charge in [0.2, 0.25) is 0 Å². The van der Waals surface area contributed by atoms with Crippen LogP contribution in [0.4, 0.5) is 0 Å². The van der Waals surface area contributed by atoms with Gasteiger partial charge in [-0.05, 0) is 49.4 Å². The van der Waals surface area contributed by atoms with Gasteiger partial charge in [-0.15, -0.1) is 0 Å². The predicted molar refractivity (Wildman–Crippen MR) is 83.6 cm³/mol. The molecule has 0 saturated heterocycles. The first-order valence-corrected chi connectivity index (χ1v) is 7.82. The summed E-state index contributed by atoms with van der Waals surface area (Å²) in [4.78, 5) is 0. The number of aliphatic hydroxyl groups is 1. The predicted octanol–water partition coefficient (Wildman–Crippen LogP) is 5.40. The van der Waals surface area contributed by atoms with Crippen LogP contribution in [0.15, 0.2) is 12.1 Å². The highest BCUT2D eigenvalue weighted by Gasteiger charge is 2.11. The van der Waals surface area contributed by atoms with Gasteiger partial charge in [0.25, 0.3) is 0 Å². The maximum Gasteiger partial charge on any atom is 0.0792 e. The van der Waals surface area contributed by atoms with E-state index in [0.29, 0.717) is 0 Å². The summed E-state index contributed by atoms with van der Waals surface area (Å²) in [7, 11) is 0. The lowest BCUT2D eigenvalue weighted by atomic mass is 9.94. The number of unbranched alkanes of at least 4 members (excludes halogenated alkanes) is 5. The Hall–Kier alpha value is -0.820. The van der Waals surface area contributed by atoms with Crippen molar-refractivity contribution in [2.24, 2.45) is 0 Å². The van der Waals surface area contributed by atoms with E-state index in [1.54, 1.807) is 0 Å². The standard InChI is InChI=1S/C18H30O/c1-5-6-7-8-9-10-11-18(19)17-13-15(3)14(2)12-16(17)4/h12-13,18-19H,5-11H2,1-4H3. The van der Waals surface area contributed by atoms with Crippen LogP contribution in [0.5, 0.6) is 0 Å². The molecule has 0 amide bonds. The summed E-state index contributed by atoms with van der Waals surface area (Å²) >= 11 is 0. The van der Waals surface area contributed by atoms with Gasteiger partial charge in [0.05, 0.1) is 6.10 Å². The molecule has 1 aromatic carbocycles. The van der Waals surface area contributed by atoms with E-state index in [1.165, 1.54) is 48.8 Å². The van der Waals surface area contributed by atoms with Crippen molar-refractivity contribution >= 4 is 0 Å². The van der Waals surface area contributed by atoms with Gasteiger partial charge in [-0.2, -0.15) is 0 Å². The second-order valence-corrected chi connectivity index (χ2v) is 5.87. The Morgan fingerprint density at radius 3 is 2.11 bits per heavy atom. The molecule has 0 aliphatic carbocycles. The quantitative estimate of drug-likeness (QED) is 0.622. The highest BCUT2D eigenvalue weighted by atomic mass is 16.3. The van der Waals surface area contributed by atoms with E-state index >= 15 is 0 Å². The molecule has 1 heteroatoms. The first kappa shape index (κ1) is 16.2. The highest BCUT2D eigenvalue weighted by Crippen LogP contribution is 2.25. The number of aliphatic hydroxyl groups excluding tert-OH is 1. The SMILES string of the molecule is CCCCCCCCC(O)c1cc(C)c(C)cc1C. The summed E-state index contributed by atoms with van der Waals surface area (Å²) in [6.07, 6.45) is 8.30. The maximum absolute atomic E-state index is 10.3. The second-order valence-electron chi connectivity index (χ2n) is 5.87. The average Bonchev–Trinajstić information content (AvgIpc) is 2.37. The van der Waals surface area contributed by atoms with Crippen LogP contribution in [0, 0.1) is 20.8 Å². The van der Waals surface area contributed by atoms with Crippen molar-refractivity contribution in [3.63, 3.8) is 0 Å². The van der Waals surface area contributed by atoms with Gasteiger partial charge in [0.15, 0.2) is 0 Å². The van der Waals surface area contributed by atoms with Crippen molar-refractivity contribution in [3.05, 3.63) is 34.4 Å². The smallest absolute Gasteiger partial charge is 0.0792 e. The molecule has 0 aromatic heterocycles. The average molecular weight is 262 g/mol. The molecule has 0 aliphatic heterocycles. The normalized spacial score (nSPS) is 12.7. The zero-order chi connectivity index (χ0) is 14.3. The van der Waals surface area contributed by atoms with Crippen molar-refractivity contribution in [1.29, 1.82) is 0 Å². The molecular weight excluding hydrogens is 232 g/mol. The third-order valence-electron chi connectivity index (χ3n) is 4.07. The molecule has 0 heterocycles. The summed E-state index contributed by atoms with van der Waals surface area (Å²) < 4.78 is 0. The van der Waals surface area contributed by atoms with Crippen LogP contribution in [0.3, 0.4) is 0 Å². The van der Waals surface area contributed by atoms with Crippen LogP contribution >= 0.6 is 0 Å². The summed E-state index contributed by atoms with van der Waals surface area (Å²) in [6, 6.07) is 4.35. The Kier molecular flexibility index (Phi) is 7.15. The number of rotatable bonds is 8. The summed E-state index contributed by atoms with van der Waals surface area (Å²) in [5.74, 6) is 0. The van der Waals surface area contributed by atoms with Crippen LogP contribution in [0.25, 0.3) is 0 Å². The zero-order valence-electron chi connectivity index (χ0n) is 13.1. The minimum Gasteiger partial charge on any atom is -0.388 e. The molecule has 0 radical (unpaired) electrons. The molecule has 0 aliphatic rings. The summed E-state index contributed by atoms with van der Waals surface area (Å²) in [6.45, 7) is 8.60. The van der Waals surface area contributed by atoms with Gasteiger partial charge in [0, 0.05) is 0 Å². The molecular formula is C18H30O. The lowest BCUT2D eigenvalue weighted by Gasteiger charge is -2.16. The number of hydrogen-bond donors (Lipinski definition) is 1. The Bertz CT molecular complexity index is 382. The van der Waals surface area contributed by atoms with Gasteiger partial charge in [-0.25, -0.2) is 0 Å². The van der Waals surface area contributed by atoms with Crippen LogP contribution in [0.1, 0.15) is 80.2 Å². The fraction of sp³-hybridized carbons (Fsp3) is 0.667. The number of aryl methyl sites for hydroxylation is 3. The molecule has 0 spiro atoms. The Labute approximate surface area is 119 Å². The molecule has 1 unspecified atom stereocenters. The first-order chi connectivity index (χ1) is 9.06. The molecule has 1 atom stereocenters. The Morgan fingerprint density at radius 2 is 1.42 bits per heavy atom. The Morgan fingerprint density at radius 1 is 0.842 bits per heavy atom. The molecule has 1 nitrogen and oxygen atoms in total. The minimum atomic E-state index is -0.287. The lowest BCUT2D eigenvalue weighted by molar-refractivity contribution is 0.162. The number of hydrogen-bond acceptors (Lipinski definition) is 1. The summed E-state index contributed by atoms with van der Waals surface area (Å²) in [5, 5.41) is 10.3. The fourth-order valence-electron chi connectivity index (χ4n) is 2.62. The van der Waals surface area contributed by atoms with Crippen LogP contribution in [-0.4, -0.2) is 5.11 Å². The lowest BCUT2D eigenvalue weighted by Crippen LogP contribution is -2.02. The van der Waals surface area contributed by atoms with Crippen molar-refractivity contribution < 1.29 is 5.11 Å². The number of benzene rings is 1. The first-order valence-electron chi connectivity index (χ1n) is 7.82. The van der Waals surface area contributed by atoms with Crippen molar-refractivity contribution in [2.45, 2.75) is 78.7 Å². The van der Waals surface area contributed by atoms with Gasteiger partial charge >= 0.3 is 0 Å². The van der Waals surface area contributed by atoms with E-state index < -0.39 is 0 Å². The van der Waals surface area contributed by atoms with Gasteiger partial charge in [-0.1, -0.05) is 57.6 Å². The van der Waals surface area contributed by atoms with Gasteiger partial charge in [0.1, 0.15) is 0 Å². The van der Waals surface area contributed by atoms with Gasteiger partial charge in [-0.3, -0.25) is 0 Å². The van der Waals surface area contributed by atoms with Crippen molar-refractivity contribution in [1.82, 2.24) is 0 Å². The third kappa shape index (κ3) is 5.36. The molecule has 0 bridgehead atoms. The minimum absolute atomic E-state index is 0.287. The van der Waals surface area contributed by atoms with Crippen LogP contribution in [0.2, 0.25) is 0 Å². The molecule has 108 valence electrons. The maximum atomic E-state index is 10.3. The molecule has 1 N–H and O–H groups in total. The molecule has 0 saturated carbocycles. The second kappa shape index (κ2) is 8.37. The third-order valence-corrected chi connectivity index (χ3v) is 4.07. The highest BCUT2D eigenvalue weighted by molar-refractivity contribution is 5.37. The fourth-order valence-corrected chi connectivity index (χ4v) is 2.62. The van der Waals surface area contributed by atoms with Crippen molar-refractivity contribution in [2.75, 3.05) is 0 Å². The van der Waals surface area contributed by atoms with E-state index in [-0.39, 0.29) is 6.10 Å². The topological polar surface area (TPSA) is 20.2 Å². The Balaban J connectivity index is 2.41. The molecule has 1 rings (SSSR count). The van der Waals surface area contributed by atoms with Gasteiger partial charge < -0.3 is 5.11 Å². The van der Waals surface area contributed by atoms with Crippen LogP contribution in [-0.2, 0) is 0 Å². The summed E-state index contributed by atoms with van der Waals surface area (Å²) in [5.41, 5.74) is 4.94. The van der Waals surface area contributed by atoms with E-state index in [4.69, 9.17) is 0 Å². The molecule has 1 aromatic rings. The van der Waals surface area contributed by atoms with E-state index in [1.807, 2.05) is 0 Å². The van der Waals surface area contributed by atoms with Crippen LogP contribution < -0.4 is 0 Å². The zero-order valence-corrected chi connectivity index (χ0v) is 13.1.